The highest BCUT2D eigenvalue weighted by atomic mass is 32.2. The summed E-state index contributed by atoms with van der Waals surface area (Å²) in [5, 5.41) is 0. The van der Waals surface area contributed by atoms with Crippen LogP contribution < -0.4 is 11.5 Å². The van der Waals surface area contributed by atoms with Crippen molar-refractivity contribution in [3.63, 3.8) is 0 Å². The number of primary amides is 1. The number of halogens is 1. The lowest BCUT2D eigenvalue weighted by atomic mass is 10.2. The average Bonchev–Trinajstić information content (AvgIpc) is 2.88. The van der Waals surface area contributed by atoms with Gasteiger partial charge in [-0.15, -0.1) is 0 Å². The minimum atomic E-state index is -3.96. The SMILES string of the molecule is NC(=O)C1CCCN1S(=O)(=O)c1ccc(F)c(C(N)=S)c1. The molecule has 0 bridgehead atoms. The van der Waals surface area contributed by atoms with Crippen molar-refractivity contribution in [1.29, 1.82) is 0 Å². The molecule has 1 aliphatic rings. The Morgan fingerprint density at radius 3 is 2.62 bits per heavy atom. The smallest absolute Gasteiger partial charge is 0.243 e. The zero-order chi connectivity index (χ0) is 15.8. The molecule has 1 atom stereocenters. The molecule has 114 valence electrons. The number of carbonyl (C=O) groups excluding carboxylic acids is 1. The molecule has 0 saturated carbocycles. The summed E-state index contributed by atoms with van der Waals surface area (Å²) in [7, 11) is -3.96. The fourth-order valence-electron chi connectivity index (χ4n) is 2.30. The topological polar surface area (TPSA) is 106 Å². The quantitative estimate of drug-likeness (QED) is 0.761. The van der Waals surface area contributed by atoms with Crippen LogP contribution in [-0.2, 0) is 14.8 Å². The summed E-state index contributed by atoms with van der Waals surface area (Å²) >= 11 is 4.69. The number of nitrogens with zero attached hydrogens (tertiary/aromatic N) is 1. The molecule has 4 N–H and O–H groups in total. The minimum Gasteiger partial charge on any atom is -0.389 e. The molecule has 9 heteroatoms. The van der Waals surface area contributed by atoms with Crippen molar-refractivity contribution < 1.29 is 17.6 Å². The Bertz CT molecular complexity index is 706. The lowest BCUT2D eigenvalue weighted by Crippen LogP contribution is -2.43. The number of nitrogens with two attached hydrogens (primary N) is 2. The third-order valence-electron chi connectivity index (χ3n) is 3.34. The molecule has 0 aliphatic carbocycles. The summed E-state index contributed by atoms with van der Waals surface area (Å²) in [6.07, 6.45) is 0.911. The minimum absolute atomic E-state index is 0.152. The van der Waals surface area contributed by atoms with Gasteiger partial charge in [0.1, 0.15) is 16.8 Å². The fourth-order valence-corrected chi connectivity index (χ4v) is 4.15. The molecule has 1 aromatic carbocycles. The lowest BCUT2D eigenvalue weighted by Gasteiger charge is -2.22. The number of hydrogen-bond acceptors (Lipinski definition) is 4. The number of carbonyl (C=O) groups is 1. The van der Waals surface area contributed by atoms with Gasteiger partial charge in [0, 0.05) is 12.1 Å². The largest absolute Gasteiger partial charge is 0.389 e. The van der Waals surface area contributed by atoms with Crippen LogP contribution in [0.5, 0.6) is 0 Å². The molecule has 1 heterocycles. The molecule has 1 aromatic rings. The Kier molecular flexibility index (Phi) is 4.26. The Labute approximate surface area is 127 Å². The maximum atomic E-state index is 13.5. The van der Waals surface area contributed by atoms with Gasteiger partial charge in [0.25, 0.3) is 0 Å². The molecule has 0 spiro atoms. The maximum absolute atomic E-state index is 13.5. The van der Waals surface area contributed by atoms with Crippen LogP contribution in [0.1, 0.15) is 18.4 Å². The summed E-state index contributed by atoms with van der Waals surface area (Å²) in [4.78, 5) is 10.9. The van der Waals surface area contributed by atoms with Gasteiger partial charge >= 0.3 is 0 Å². The first-order chi connectivity index (χ1) is 9.75. The van der Waals surface area contributed by atoms with Crippen molar-refractivity contribution in [2.75, 3.05) is 6.54 Å². The van der Waals surface area contributed by atoms with Crippen molar-refractivity contribution in [3.8, 4) is 0 Å². The van der Waals surface area contributed by atoms with Gasteiger partial charge in [0.05, 0.1) is 4.90 Å². The van der Waals surface area contributed by atoms with E-state index in [0.717, 1.165) is 22.5 Å². The predicted octanol–water partition coefficient (Wildman–Crippen LogP) is 0.0983. The standard InChI is InChI=1S/C12H14FN3O3S2/c13-9-4-3-7(6-8(9)12(15)20)21(18,19)16-5-1-2-10(16)11(14)17/h3-4,6,10H,1-2,5H2,(H2,14,17)(H2,15,20). The van der Waals surface area contributed by atoms with Crippen LogP contribution in [-0.4, -0.2) is 36.2 Å². The second-order valence-corrected chi connectivity index (χ2v) is 7.01. The molecule has 1 aliphatic heterocycles. The number of sulfonamides is 1. The van der Waals surface area contributed by atoms with Gasteiger partial charge < -0.3 is 11.5 Å². The summed E-state index contributed by atoms with van der Waals surface area (Å²) in [5.74, 6) is -1.40. The summed E-state index contributed by atoms with van der Waals surface area (Å²) < 4.78 is 39.7. The highest BCUT2D eigenvalue weighted by molar-refractivity contribution is 7.89. The van der Waals surface area contributed by atoms with E-state index < -0.39 is 27.8 Å². The molecule has 1 fully saturated rings. The lowest BCUT2D eigenvalue weighted by molar-refractivity contribution is -0.121. The first kappa shape index (κ1) is 15.8. The number of benzene rings is 1. The van der Waals surface area contributed by atoms with Crippen molar-refractivity contribution in [2.45, 2.75) is 23.8 Å². The van der Waals surface area contributed by atoms with Crippen LogP contribution in [0.3, 0.4) is 0 Å². The van der Waals surface area contributed by atoms with Crippen molar-refractivity contribution in [2.24, 2.45) is 11.5 Å². The number of hydrogen-bond donors (Lipinski definition) is 2. The van der Waals surface area contributed by atoms with E-state index in [-0.39, 0.29) is 22.0 Å². The Hall–Kier alpha value is -1.58. The zero-order valence-corrected chi connectivity index (χ0v) is 12.6. The van der Waals surface area contributed by atoms with Gasteiger partial charge in [-0.3, -0.25) is 4.79 Å². The van der Waals surface area contributed by atoms with Crippen LogP contribution in [0.15, 0.2) is 23.1 Å². The number of thiocarbonyl (C=S) groups is 1. The molecule has 1 saturated heterocycles. The van der Waals surface area contributed by atoms with Crippen LogP contribution in [0.4, 0.5) is 4.39 Å². The van der Waals surface area contributed by atoms with Crippen LogP contribution in [0, 0.1) is 5.82 Å². The van der Waals surface area contributed by atoms with E-state index >= 15 is 0 Å². The summed E-state index contributed by atoms with van der Waals surface area (Å²) in [5.41, 5.74) is 10.4. The van der Waals surface area contributed by atoms with Crippen LogP contribution >= 0.6 is 12.2 Å². The average molecular weight is 331 g/mol. The molecule has 6 nitrogen and oxygen atoms in total. The van der Waals surface area contributed by atoms with E-state index in [1.165, 1.54) is 0 Å². The van der Waals surface area contributed by atoms with E-state index in [2.05, 4.69) is 12.2 Å². The van der Waals surface area contributed by atoms with E-state index in [9.17, 15) is 17.6 Å². The first-order valence-electron chi connectivity index (χ1n) is 6.15. The van der Waals surface area contributed by atoms with Crippen molar-refractivity contribution in [3.05, 3.63) is 29.6 Å². The Balaban J connectivity index is 2.47. The van der Waals surface area contributed by atoms with Crippen LogP contribution in [0.2, 0.25) is 0 Å². The van der Waals surface area contributed by atoms with Gasteiger partial charge in [-0.25, -0.2) is 12.8 Å². The van der Waals surface area contributed by atoms with Gasteiger partial charge in [0.2, 0.25) is 15.9 Å². The van der Waals surface area contributed by atoms with Gasteiger partial charge in [-0.1, -0.05) is 12.2 Å². The second kappa shape index (κ2) is 5.66. The molecule has 0 radical (unpaired) electrons. The predicted molar refractivity (Wildman–Crippen MR) is 78.4 cm³/mol. The van der Waals surface area contributed by atoms with E-state index in [0.29, 0.717) is 12.8 Å². The van der Waals surface area contributed by atoms with E-state index in [1.54, 1.807) is 0 Å². The maximum Gasteiger partial charge on any atom is 0.243 e. The summed E-state index contributed by atoms with van der Waals surface area (Å²) in [6, 6.07) is 2.29. The van der Waals surface area contributed by atoms with E-state index in [1.807, 2.05) is 0 Å². The number of rotatable bonds is 4. The molecular formula is C12H14FN3O3S2. The van der Waals surface area contributed by atoms with E-state index in [4.69, 9.17) is 11.5 Å². The van der Waals surface area contributed by atoms with Gasteiger partial charge in [0.15, 0.2) is 0 Å². The normalized spacial score (nSPS) is 19.6. The third kappa shape index (κ3) is 2.89. The Morgan fingerprint density at radius 2 is 2.05 bits per heavy atom. The van der Waals surface area contributed by atoms with Crippen molar-refractivity contribution in [1.82, 2.24) is 4.31 Å². The number of amides is 1. The fraction of sp³-hybridized carbons (Fsp3) is 0.333. The first-order valence-corrected chi connectivity index (χ1v) is 8.00. The Morgan fingerprint density at radius 1 is 1.38 bits per heavy atom. The second-order valence-electron chi connectivity index (χ2n) is 4.68. The van der Waals surface area contributed by atoms with Crippen molar-refractivity contribution >= 4 is 33.1 Å². The molecule has 2 rings (SSSR count). The zero-order valence-electron chi connectivity index (χ0n) is 11.0. The monoisotopic (exact) mass is 331 g/mol. The highest BCUT2D eigenvalue weighted by Gasteiger charge is 2.38. The molecule has 21 heavy (non-hydrogen) atoms. The molecular weight excluding hydrogens is 317 g/mol. The highest BCUT2D eigenvalue weighted by Crippen LogP contribution is 2.27. The summed E-state index contributed by atoms with van der Waals surface area (Å²) in [6.45, 7) is 0.190. The molecule has 1 amide bonds. The van der Waals surface area contributed by atoms with Gasteiger partial charge in [-0.05, 0) is 31.0 Å². The van der Waals surface area contributed by atoms with Gasteiger partial charge in [-0.2, -0.15) is 4.31 Å². The molecule has 0 aromatic heterocycles. The molecule has 1 unspecified atom stereocenters. The third-order valence-corrected chi connectivity index (χ3v) is 5.47. The van der Waals surface area contributed by atoms with Crippen LogP contribution in [0.25, 0.3) is 0 Å².